The van der Waals surface area contributed by atoms with Gasteiger partial charge < -0.3 is 9.15 Å². The molecule has 1 aliphatic heterocycles. The Morgan fingerprint density at radius 3 is 2.55 bits per heavy atom. The number of fused-ring (bicyclic) bond motifs is 1. The molecule has 1 atom stereocenters. The summed E-state index contributed by atoms with van der Waals surface area (Å²) in [5.74, 6) is -0.118. The molecule has 0 spiro atoms. The number of aromatic nitrogens is 1. The van der Waals surface area contributed by atoms with Crippen LogP contribution in [0.5, 0.6) is 0 Å². The van der Waals surface area contributed by atoms with Gasteiger partial charge in [-0.2, -0.15) is 0 Å². The fourth-order valence-electron chi connectivity index (χ4n) is 4.79. The van der Waals surface area contributed by atoms with Crippen LogP contribution < -0.4 is 14.9 Å². The van der Waals surface area contributed by atoms with E-state index >= 15 is 0 Å². The molecule has 2 aromatic heterocycles. The number of hydrogen-bond donors (Lipinski definition) is 0. The Morgan fingerprint density at radius 1 is 1.07 bits per heavy atom. The first-order chi connectivity index (χ1) is 20.3. The Bertz CT molecular complexity index is 2030. The van der Waals surface area contributed by atoms with E-state index in [4.69, 9.17) is 37.3 Å². The molecule has 210 valence electrons. The third-order valence-electron chi connectivity index (χ3n) is 6.66. The minimum atomic E-state index is -0.904. The minimum absolute atomic E-state index is 0.128. The van der Waals surface area contributed by atoms with Crippen LogP contribution in [0.3, 0.4) is 0 Å². The van der Waals surface area contributed by atoms with Crippen molar-refractivity contribution in [1.29, 1.82) is 0 Å². The summed E-state index contributed by atoms with van der Waals surface area (Å²) in [5.41, 5.74) is 2.06. The lowest BCUT2D eigenvalue weighted by Gasteiger charge is -2.25. The standard InChI is InChI=1S/C32H21Cl2FN2O4S/c1-2-40-31(39)27-28(18-6-4-3-5-7-18)36-32-37(29(27)19-8-11-21(35)12-9-19)30(38)26(42-32)17-22-13-15-25(41-22)23-14-10-20(33)16-24(23)34/h3-17,29H,2H2,1H3/b26-17-/t29-/m0/s1. The molecule has 1 aliphatic rings. The summed E-state index contributed by atoms with van der Waals surface area (Å²) < 4.78 is 27.2. The van der Waals surface area contributed by atoms with Crippen LogP contribution in [0.4, 0.5) is 4.39 Å². The van der Waals surface area contributed by atoms with Crippen molar-refractivity contribution >= 4 is 52.3 Å². The van der Waals surface area contributed by atoms with Crippen LogP contribution in [-0.2, 0) is 9.53 Å². The molecule has 0 saturated carbocycles. The van der Waals surface area contributed by atoms with Crippen molar-refractivity contribution in [1.82, 2.24) is 4.57 Å². The third kappa shape index (κ3) is 5.25. The van der Waals surface area contributed by atoms with Crippen LogP contribution in [0.15, 0.2) is 105 Å². The van der Waals surface area contributed by atoms with Crippen LogP contribution in [-0.4, -0.2) is 17.1 Å². The van der Waals surface area contributed by atoms with E-state index in [9.17, 15) is 14.0 Å². The number of nitrogens with zero attached hydrogens (tertiary/aromatic N) is 2. The molecule has 0 saturated heterocycles. The second kappa shape index (κ2) is 11.6. The lowest BCUT2D eigenvalue weighted by Crippen LogP contribution is -2.40. The number of ether oxygens (including phenoxy) is 1. The Hall–Kier alpha value is -4.24. The molecule has 0 fully saturated rings. The van der Waals surface area contributed by atoms with Crippen LogP contribution >= 0.6 is 34.5 Å². The normalized spacial score (nSPS) is 15.0. The molecule has 42 heavy (non-hydrogen) atoms. The van der Waals surface area contributed by atoms with Crippen LogP contribution in [0.2, 0.25) is 10.0 Å². The highest BCUT2D eigenvalue weighted by atomic mass is 35.5. The molecule has 6 rings (SSSR count). The zero-order valence-corrected chi connectivity index (χ0v) is 24.3. The van der Waals surface area contributed by atoms with Crippen LogP contribution in [0.1, 0.15) is 29.9 Å². The molecule has 3 heterocycles. The second-order valence-corrected chi connectivity index (χ2v) is 11.2. The first-order valence-electron chi connectivity index (χ1n) is 12.9. The third-order valence-corrected chi connectivity index (χ3v) is 8.19. The van der Waals surface area contributed by atoms with Crippen molar-refractivity contribution in [2.75, 3.05) is 6.61 Å². The monoisotopic (exact) mass is 618 g/mol. The summed E-state index contributed by atoms with van der Waals surface area (Å²) in [6, 6.07) is 22.6. The van der Waals surface area contributed by atoms with Gasteiger partial charge in [-0.25, -0.2) is 14.2 Å². The van der Waals surface area contributed by atoms with Gasteiger partial charge in [0.05, 0.1) is 33.5 Å². The Kier molecular flexibility index (Phi) is 7.68. The number of carbonyl (C=O) groups is 1. The van der Waals surface area contributed by atoms with Gasteiger partial charge in [-0.1, -0.05) is 77.0 Å². The topological polar surface area (TPSA) is 73.8 Å². The fraction of sp³-hybridized carbons (Fsp3) is 0.0938. The summed E-state index contributed by atoms with van der Waals surface area (Å²) in [5, 5.41) is 0.936. The molecule has 0 bridgehead atoms. The summed E-state index contributed by atoms with van der Waals surface area (Å²) in [6.07, 6.45) is 1.62. The van der Waals surface area contributed by atoms with Gasteiger partial charge in [-0.15, -0.1) is 0 Å². The number of esters is 1. The summed E-state index contributed by atoms with van der Waals surface area (Å²) >= 11 is 13.5. The van der Waals surface area contributed by atoms with Crippen molar-refractivity contribution in [3.8, 4) is 11.3 Å². The molecule has 5 aromatic rings. The quantitative estimate of drug-likeness (QED) is 0.200. The number of benzene rings is 3. The SMILES string of the molecule is CCOC(=O)C1=C(c2ccccc2)N=c2s/c(=C\c3ccc(-c4ccc(Cl)cc4Cl)o3)c(=O)n2[C@H]1c1ccc(F)cc1. The van der Waals surface area contributed by atoms with E-state index in [0.717, 1.165) is 11.3 Å². The highest BCUT2D eigenvalue weighted by Crippen LogP contribution is 2.35. The van der Waals surface area contributed by atoms with Gasteiger partial charge in [-0.05, 0) is 55.0 Å². The van der Waals surface area contributed by atoms with Crippen molar-refractivity contribution < 1.29 is 18.3 Å². The highest BCUT2D eigenvalue weighted by molar-refractivity contribution is 7.07. The van der Waals surface area contributed by atoms with Crippen molar-refractivity contribution in [2.45, 2.75) is 13.0 Å². The van der Waals surface area contributed by atoms with Crippen LogP contribution in [0.25, 0.3) is 23.1 Å². The Morgan fingerprint density at radius 2 is 1.83 bits per heavy atom. The maximum absolute atomic E-state index is 14.0. The van der Waals surface area contributed by atoms with Gasteiger partial charge >= 0.3 is 5.97 Å². The molecule has 3 aromatic carbocycles. The Labute approximate surface area is 253 Å². The summed E-state index contributed by atoms with van der Waals surface area (Å²) in [6.45, 7) is 1.83. The van der Waals surface area contributed by atoms with E-state index in [1.165, 1.54) is 16.7 Å². The zero-order valence-electron chi connectivity index (χ0n) is 22.0. The van der Waals surface area contributed by atoms with Gasteiger partial charge in [-0.3, -0.25) is 9.36 Å². The average molecular weight is 620 g/mol. The van der Waals surface area contributed by atoms with Gasteiger partial charge in [0.2, 0.25) is 0 Å². The Balaban J connectivity index is 1.55. The molecule has 0 amide bonds. The number of thiazole rings is 1. The van der Waals surface area contributed by atoms with Gasteiger partial charge in [0.25, 0.3) is 5.56 Å². The first-order valence-corrected chi connectivity index (χ1v) is 14.5. The lowest BCUT2D eigenvalue weighted by atomic mass is 9.93. The predicted molar refractivity (Wildman–Crippen MR) is 162 cm³/mol. The van der Waals surface area contributed by atoms with Crippen molar-refractivity contribution in [2.24, 2.45) is 4.99 Å². The number of halogens is 3. The van der Waals surface area contributed by atoms with Gasteiger partial charge in [0, 0.05) is 22.2 Å². The average Bonchev–Trinajstić information content (AvgIpc) is 3.57. The number of rotatable bonds is 6. The molecule has 0 radical (unpaired) electrons. The predicted octanol–water partition coefficient (Wildman–Crippen LogP) is 6.64. The summed E-state index contributed by atoms with van der Waals surface area (Å²) in [7, 11) is 0. The van der Waals surface area contributed by atoms with E-state index in [2.05, 4.69) is 0 Å². The fourth-order valence-corrected chi connectivity index (χ4v) is 6.28. The van der Waals surface area contributed by atoms with Crippen molar-refractivity contribution in [3.63, 3.8) is 0 Å². The molecule has 0 unspecified atom stereocenters. The van der Waals surface area contributed by atoms with E-state index in [1.54, 1.807) is 55.5 Å². The molecule has 6 nitrogen and oxygen atoms in total. The van der Waals surface area contributed by atoms with Gasteiger partial charge in [0.15, 0.2) is 4.80 Å². The molecule has 10 heteroatoms. The largest absolute Gasteiger partial charge is 0.463 e. The van der Waals surface area contributed by atoms with E-state index < -0.39 is 17.8 Å². The lowest BCUT2D eigenvalue weighted by molar-refractivity contribution is -0.138. The van der Waals surface area contributed by atoms with E-state index in [1.807, 2.05) is 30.3 Å². The number of carbonyl (C=O) groups excluding carboxylic acids is 1. The van der Waals surface area contributed by atoms with Crippen LogP contribution in [0, 0.1) is 5.82 Å². The summed E-state index contributed by atoms with van der Waals surface area (Å²) in [4.78, 5) is 32.6. The maximum Gasteiger partial charge on any atom is 0.338 e. The smallest absolute Gasteiger partial charge is 0.338 e. The number of hydrogen-bond acceptors (Lipinski definition) is 6. The van der Waals surface area contributed by atoms with E-state index in [0.29, 0.717) is 53.3 Å². The van der Waals surface area contributed by atoms with Gasteiger partial charge in [0.1, 0.15) is 17.3 Å². The number of furan rings is 1. The van der Waals surface area contributed by atoms with E-state index in [-0.39, 0.29) is 17.7 Å². The second-order valence-electron chi connectivity index (χ2n) is 9.31. The minimum Gasteiger partial charge on any atom is -0.463 e. The molecular weight excluding hydrogens is 598 g/mol. The molecule has 0 N–H and O–H groups in total. The molecule has 0 aliphatic carbocycles. The maximum atomic E-state index is 14.0. The zero-order chi connectivity index (χ0) is 29.4. The first kappa shape index (κ1) is 27.9. The van der Waals surface area contributed by atoms with Crippen molar-refractivity contribution in [3.05, 3.63) is 143 Å². The highest BCUT2D eigenvalue weighted by Gasteiger charge is 2.35. The molecular formula is C32H21Cl2FN2O4S.